The van der Waals surface area contributed by atoms with Gasteiger partial charge in [0, 0.05) is 25.6 Å². The molecule has 0 saturated carbocycles. The topological polar surface area (TPSA) is 58.6 Å². The number of aryl methyl sites for hydroxylation is 1. The van der Waals surface area contributed by atoms with Crippen molar-refractivity contribution in [1.29, 1.82) is 0 Å². The summed E-state index contributed by atoms with van der Waals surface area (Å²) in [5.41, 5.74) is 1.97. The van der Waals surface area contributed by atoms with Crippen molar-refractivity contribution in [3.8, 4) is 5.75 Å². The molecule has 160 valence electrons. The minimum Gasteiger partial charge on any atom is -0.494 e. The molecule has 0 radical (unpaired) electrons. The number of carbonyl (C=O) groups is 2. The third kappa shape index (κ3) is 6.87. The monoisotopic (exact) mass is 412 g/mol. The molecule has 3 rings (SSSR count). The number of nitrogens with zero attached hydrogens (tertiary/aromatic N) is 1. The second-order valence-electron chi connectivity index (χ2n) is 7.79. The molecule has 0 bridgehead atoms. The highest BCUT2D eigenvalue weighted by Crippen LogP contribution is 2.14. The molecule has 0 aliphatic carbocycles. The molecule has 0 atom stereocenters. The van der Waals surface area contributed by atoms with Crippen molar-refractivity contribution in [3.05, 3.63) is 65.5 Å². The number of piperidine rings is 1. The number of amides is 2. The lowest BCUT2D eigenvalue weighted by atomic mass is 10.0. The van der Waals surface area contributed by atoms with Crippen LogP contribution < -0.4 is 10.1 Å². The zero-order chi connectivity index (χ0) is 21.3. The summed E-state index contributed by atoms with van der Waals surface area (Å²) in [5.74, 6) is 0.585. The van der Waals surface area contributed by atoms with E-state index in [1.807, 2.05) is 36.1 Å². The Kier molecular flexibility index (Phi) is 7.82. The lowest BCUT2D eigenvalue weighted by molar-refractivity contribution is -0.132. The number of rotatable bonds is 8. The number of likely N-dealkylation sites (tertiary alicyclic amines) is 1. The summed E-state index contributed by atoms with van der Waals surface area (Å²) in [6.45, 7) is 3.85. The SMILES string of the molecule is Cc1ccc(OCCCC(=O)N2CCC(NC(=O)Cc3ccc(F)cc3)CC2)cc1. The van der Waals surface area contributed by atoms with E-state index in [4.69, 9.17) is 4.74 Å². The zero-order valence-corrected chi connectivity index (χ0v) is 17.4. The molecule has 1 aliphatic heterocycles. The van der Waals surface area contributed by atoms with Crippen LogP contribution in [0.2, 0.25) is 0 Å². The molecule has 1 fully saturated rings. The van der Waals surface area contributed by atoms with Gasteiger partial charge in [0.15, 0.2) is 0 Å². The van der Waals surface area contributed by atoms with Gasteiger partial charge in [0.25, 0.3) is 0 Å². The Balaban J connectivity index is 1.31. The molecule has 1 saturated heterocycles. The third-order valence-corrected chi connectivity index (χ3v) is 5.32. The molecular formula is C24H29FN2O3. The van der Waals surface area contributed by atoms with E-state index in [0.29, 0.717) is 32.5 Å². The molecule has 2 amide bonds. The number of halogens is 1. The summed E-state index contributed by atoms with van der Waals surface area (Å²) >= 11 is 0. The molecule has 0 aromatic heterocycles. The van der Waals surface area contributed by atoms with Gasteiger partial charge in [0.05, 0.1) is 13.0 Å². The molecule has 30 heavy (non-hydrogen) atoms. The predicted octanol–water partition coefficient (Wildman–Crippen LogP) is 3.64. The van der Waals surface area contributed by atoms with E-state index >= 15 is 0 Å². The molecule has 1 N–H and O–H groups in total. The molecule has 2 aromatic rings. The van der Waals surface area contributed by atoms with Gasteiger partial charge in [0.1, 0.15) is 11.6 Å². The van der Waals surface area contributed by atoms with Crippen LogP contribution in [0.3, 0.4) is 0 Å². The smallest absolute Gasteiger partial charge is 0.224 e. The van der Waals surface area contributed by atoms with Crippen LogP contribution >= 0.6 is 0 Å². The average molecular weight is 413 g/mol. The van der Waals surface area contributed by atoms with Crippen LogP contribution in [0.15, 0.2) is 48.5 Å². The first-order valence-electron chi connectivity index (χ1n) is 10.5. The van der Waals surface area contributed by atoms with Crippen LogP contribution in [-0.4, -0.2) is 42.5 Å². The first-order valence-corrected chi connectivity index (χ1v) is 10.5. The Hall–Kier alpha value is -2.89. The Morgan fingerprint density at radius 1 is 1.07 bits per heavy atom. The molecule has 0 unspecified atom stereocenters. The van der Waals surface area contributed by atoms with Gasteiger partial charge < -0.3 is 15.0 Å². The normalized spacial score (nSPS) is 14.4. The van der Waals surface area contributed by atoms with E-state index in [0.717, 1.165) is 24.2 Å². The standard InChI is InChI=1S/C24H29FN2O3/c1-18-4-10-22(11-5-18)30-16-2-3-24(29)27-14-12-21(13-15-27)26-23(28)17-19-6-8-20(25)9-7-19/h4-11,21H,2-3,12-17H2,1H3,(H,26,28). The average Bonchev–Trinajstić information content (AvgIpc) is 2.74. The van der Waals surface area contributed by atoms with Crippen LogP contribution in [0.5, 0.6) is 5.75 Å². The van der Waals surface area contributed by atoms with Crippen molar-refractivity contribution in [2.75, 3.05) is 19.7 Å². The van der Waals surface area contributed by atoms with Crippen LogP contribution in [0.4, 0.5) is 4.39 Å². The Morgan fingerprint density at radius 2 is 1.73 bits per heavy atom. The third-order valence-electron chi connectivity index (χ3n) is 5.32. The summed E-state index contributed by atoms with van der Waals surface area (Å²) < 4.78 is 18.6. The maximum Gasteiger partial charge on any atom is 0.224 e. The van der Waals surface area contributed by atoms with Crippen molar-refractivity contribution in [3.63, 3.8) is 0 Å². The highest BCUT2D eigenvalue weighted by Gasteiger charge is 2.23. The lowest BCUT2D eigenvalue weighted by Crippen LogP contribution is -2.46. The summed E-state index contributed by atoms with van der Waals surface area (Å²) in [5, 5.41) is 3.03. The van der Waals surface area contributed by atoms with Crippen molar-refractivity contribution in [2.45, 2.75) is 45.1 Å². The van der Waals surface area contributed by atoms with Gasteiger partial charge >= 0.3 is 0 Å². The Morgan fingerprint density at radius 3 is 2.40 bits per heavy atom. The second kappa shape index (κ2) is 10.8. The van der Waals surface area contributed by atoms with Crippen LogP contribution in [-0.2, 0) is 16.0 Å². The summed E-state index contributed by atoms with van der Waals surface area (Å²) in [7, 11) is 0. The number of carbonyl (C=O) groups excluding carboxylic acids is 2. The number of ether oxygens (including phenoxy) is 1. The van der Waals surface area contributed by atoms with Gasteiger partial charge in [0.2, 0.25) is 11.8 Å². The summed E-state index contributed by atoms with van der Waals surface area (Å²) in [6, 6.07) is 13.9. The summed E-state index contributed by atoms with van der Waals surface area (Å²) in [4.78, 5) is 26.5. The summed E-state index contributed by atoms with van der Waals surface area (Å²) in [6.07, 6.45) is 2.89. The van der Waals surface area contributed by atoms with Crippen molar-refractivity contribution in [1.82, 2.24) is 10.2 Å². The van der Waals surface area contributed by atoms with Crippen molar-refractivity contribution in [2.24, 2.45) is 0 Å². The van der Waals surface area contributed by atoms with E-state index in [2.05, 4.69) is 5.32 Å². The minimum absolute atomic E-state index is 0.0698. The molecule has 6 heteroatoms. The van der Waals surface area contributed by atoms with Gasteiger partial charge in [-0.15, -0.1) is 0 Å². The highest BCUT2D eigenvalue weighted by atomic mass is 19.1. The minimum atomic E-state index is -0.307. The first kappa shape index (κ1) is 21.8. The quantitative estimate of drug-likeness (QED) is 0.674. The van der Waals surface area contributed by atoms with E-state index in [-0.39, 0.29) is 30.1 Å². The van der Waals surface area contributed by atoms with E-state index < -0.39 is 0 Å². The van der Waals surface area contributed by atoms with Gasteiger partial charge in [-0.25, -0.2) is 4.39 Å². The maximum absolute atomic E-state index is 12.9. The van der Waals surface area contributed by atoms with Crippen molar-refractivity contribution >= 4 is 11.8 Å². The number of nitrogens with one attached hydrogen (secondary N) is 1. The fourth-order valence-electron chi connectivity index (χ4n) is 3.55. The van der Waals surface area contributed by atoms with Gasteiger partial charge in [-0.3, -0.25) is 9.59 Å². The van der Waals surface area contributed by atoms with E-state index in [9.17, 15) is 14.0 Å². The first-order chi connectivity index (χ1) is 14.5. The lowest BCUT2D eigenvalue weighted by Gasteiger charge is -2.32. The van der Waals surface area contributed by atoms with E-state index in [1.165, 1.54) is 17.7 Å². The molecule has 0 spiro atoms. The van der Waals surface area contributed by atoms with Crippen LogP contribution in [0.1, 0.15) is 36.8 Å². The van der Waals surface area contributed by atoms with Gasteiger partial charge in [-0.1, -0.05) is 29.8 Å². The zero-order valence-electron chi connectivity index (χ0n) is 17.4. The Labute approximate surface area is 177 Å². The maximum atomic E-state index is 12.9. The number of hydrogen-bond donors (Lipinski definition) is 1. The largest absolute Gasteiger partial charge is 0.494 e. The molecule has 1 heterocycles. The fourth-order valence-corrected chi connectivity index (χ4v) is 3.55. The highest BCUT2D eigenvalue weighted by molar-refractivity contribution is 5.79. The predicted molar refractivity (Wildman–Crippen MR) is 114 cm³/mol. The molecular weight excluding hydrogens is 383 g/mol. The Bertz CT molecular complexity index is 829. The van der Waals surface area contributed by atoms with Crippen LogP contribution in [0, 0.1) is 12.7 Å². The number of benzene rings is 2. The van der Waals surface area contributed by atoms with E-state index in [1.54, 1.807) is 12.1 Å². The van der Waals surface area contributed by atoms with Gasteiger partial charge in [-0.05, 0) is 56.0 Å². The molecule has 5 nitrogen and oxygen atoms in total. The van der Waals surface area contributed by atoms with Crippen LogP contribution in [0.25, 0.3) is 0 Å². The fraction of sp³-hybridized carbons (Fsp3) is 0.417. The second-order valence-corrected chi connectivity index (χ2v) is 7.79. The van der Waals surface area contributed by atoms with Gasteiger partial charge in [-0.2, -0.15) is 0 Å². The van der Waals surface area contributed by atoms with Crippen molar-refractivity contribution < 1.29 is 18.7 Å². The molecule has 2 aromatic carbocycles. The number of hydrogen-bond acceptors (Lipinski definition) is 3. The molecule has 1 aliphatic rings.